The highest BCUT2D eigenvalue weighted by Crippen LogP contribution is 2.42. The summed E-state index contributed by atoms with van der Waals surface area (Å²) in [5, 5.41) is 3.47. The van der Waals surface area contributed by atoms with Crippen LogP contribution >= 0.6 is 0 Å². The van der Waals surface area contributed by atoms with Gasteiger partial charge in [0, 0.05) is 0 Å². The van der Waals surface area contributed by atoms with Crippen LogP contribution in [0, 0.1) is 12.2 Å². The lowest BCUT2D eigenvalue weighted by Gasteiger charge is -2.29. The second kappa shape index (κ2) is 7.83. The van der Waals surface area contributed by atoms with Gasteiger partial charge < -0.3 is 0 Å². The highest BCUT2D eigenvalue weighted by atomic mass is 28.3. The van der Waals surface area contributed by atoms with E-state index in [9.17, 15) is 0 Å². The fourth-order valence-corrected chi connectivity index (χ4v) is 7.71. The predicted octanol–water partition coefficient (Wildman–Crippen LogP) is 7.05. The average molecular weight is 327 g/mol. The highest BCUT2D eigenvalue weighted by molar-refractivity contribution is 6.91. The molecule has 0 atom stereocenters. The zero-order chi connectivity index (χ0) is 17.0. The molecule has 2 aliphatic rings. The normalized spacial score (nSPS) is 18.9. The summed E-state index contributed by atoms with van der Waals surface area (Å²) < 4.78 is 0. The molecule has 0 nitrogen and oxygen atoms in total. The van der Waals surface area contributed by atoms with E-state index < -0.39 is 8.07 Å². The standard InChI is InChI=1S/C22H34Si/c1-7-9-11-19-13-15-21(17(19)3)23(5,6)22-16-14-20(18(22)4)12-10-8-2/h7-12,15-16H2,1-6H3. The number of allylic oxidation sites excluding steroid dienone is 8. The Kier molecular flexibility index (Phi) is 6.31. The lowest BCUT2D eigenvalue weighted by Crippen LogP contribution is -2.33. The molecule has 0 spiro atoms. The smallest absolute Gasteiger partial charge is 0.0689 e. The van der Waals surface area contributed by atoms with E-state index in [1.807, 2.05) is 0 Å². The van der Waals surface area contributed by atoms with Gasteiger partial charge in [0.15, 0.2) is 0 Å². The number of hydrogen-bond acceptors (Lipinski definition) is 0. The van der Waals surface area contributed by atoms with Crippen molar-refractivity contribution in [3.05, 3.63) is 44.8 Å². The molecule has 0 unspecified atom stereocenters. The summed E-state index contributed by atoms with van der Waals surface area (Å²) in [6, 6.07) is 0. The molecule has 0 heterocycles. The molecule has 2 rings (SSSR count). The Balaban J connectivity index is 2.20. The maximum absolute atomic E-state index is 3.71. The maximum Gasteiger partial charge on any atom is 0.104 e. The first-order valence-electron chi connectivity index (χ1n) is 9.54. The van der Waals surface area contributed by atoms with Gasteiger partial charge in [-0.1, -0.05) is 61.3 Å². The molecule has 0 saturated heterocycles. The Hall–Kier alpha value is -0.823. The topological polar surface area (TPSA) is 0 Å². The second-order valence-electron chi connectivity index (χ2n) is 7.70. The van der Waals surface area contributed by atoms with Gasteiger partial charge >= 0.3 is 0 Å². The van der Waals surface area contributed by atoms with Gasteiger partial charge in [0.25, 0.3) is 0 Å². The fourth-order valence-electron chi connectivity index (χ4n) is 4.11. The summed E-state index contributed by atoms with van der Waals surface area (Å²) in [7, 11) is -1.53. The first kappa shape index (κ1) is 18.5. The van der Waals surface area contributed by atoms with E-state index in [1.54, 1.807) is 21.5 Å². The Labute approximate surface area is 145 Å². The predicted molar refractivity (Wildman–Crippen MR) is 105 cm³/mol. The first-order chi connectivity index (χ1) is 10.9. The van der Waals surface area contributed by atoms with Gasteiger partial charge in [0.1, 0.15) is 8.07 Å². The molecule has 0 bridgehead atoms. The number of hydrogen-bond donors (Lipinski definition) is 0. The molecule has 0 aromatic rings. The van der Waals surface area contributed by atoms with Crippen LogP contribution in [0.5, 0.6) is 0 Å². The summed E-state index contributed by atoms with van der Waals surface area (Å²) in [4.78, 5) is 0. The summed E-state index contributed by atoms with van der Waals surface area (Å²) in [5.41, 5.74) is 6.19. The van der Waals surface area contributed by atoms with E-state index in [0.717, 1.165) is 12.8 Å². The Morgan fingerprint density at radius 3 is 1.52 bits per heavy atom. The zero-order valence-corrected chi connectivity index (χ0v) is 17.2. The minimum atomic E-state index is -1.53. The largest absolute Gasteiger partial charge is 0.104 e. The van der Waals surface area contributed by atoms with Crippen LogP contribution in [-0.2, 0) is 0 Å². The van der Waals surface area contributed by atoms with Gasteiger partial charge in [0.05, 0.1) is 0 Å². The third-order valence-corrected chi connectivity index (χ3v) is 9.96. The Morgan fingerprint density at radius 2 is 1.17 bits per heavy atom. The number of unbranched alkanes of at least 4 members (excludes halogenated alkanes) is 2. The van der Waals surface area contributed by atoms with Crippen LogP contribution in [0.3, 0.4) is 0 Å². The third-order valence-electron chi connectivity index (χ3n) is 5.84. The van der Waals surface area contributed by atoms with Crippen molar-refractivity contribution in [2.24, 2.45) is 0 Å². The molecular formula is C22H34Si. The minimum Gasteiger partial charge on any atom is -0.0689 e. The molecule has 0 amide bonds. The van der Waals surface area contributed by atoms with Crippen LogP contribution in [0.4, 0.5) is 0 Å². The lowest BCUT2D eigenvalue weighted by molar-refractivity contribution is 0.791. The monoisotopic (exact) mass is 326 g/mol. The third kappa shape index (κ3) is 3.82. The van der Waals surface area contributed by atoms with Gasteiger partial charge in [-0.05, 0) is 75.7 Å². The molecule has 0 N–H and O–H groups in total. The number of rotatable bonds is 8. The van der Waals surface area contributed by atoms with Crippen molar-refractivity contribution in [2.75, 3.05) is 0 Å². The fraction of sp³-hybridized carbons (Fsp3) is 0.636. The van der Waals surface area contributed by atoms with Crippen molar-refractivity contribution in [2.45, 2.75) is 92.2 Å². The van der Waals surface area contributed by atoms with Crippen LogP contribution < -0.4 is 0 Å². The molecule has 0 aromatic carbocycles. The van der Waals surface area contributed by atoms with E-state index in [1.165, 1.54) is 49.7 Å². The second-order valence-corrected chi connectivity index (χ2v) is 12.2. The average Bonchev–Trinajstić information content (AvgIpc) is 3.07. The lowest BCUT2D eigenvalue weighted by atomic mass is 10.1. The minimum absolute atomic E-state index is 1.09. The van der Waals surface area contributed by atoms with Crippen LogP contribution in [0.2, 0.25) is 13.1 Å². The molecule has 1 heteroatoms. The highest BCUT2D eigenvalue weighted by Gasteiger charge is 2.36. The van der Waals surface area contributed by atoms with E-state index >= 15 is 0 Å². The van der Waals surface area contributed by atoms with Crippen molar-refractivity contribution in [3.8, 4) is 0 Å². The van der Waals surface area contributed by atoms with E-state index in [0.29, 0.717) is 0 Å². The summed E-state index contributed by atoms with van der Waals surface area (Å²) in [5.74, 6) is 0. The van der Waals surface area contributed by atoms with Crippen LogP contribution in [0.25, 0.3) is 0 Å². The van der Waals surface area contributed by atoms with Gasteiger partial charge in [-0.15, -0.1) is 0 Å². The quantitative estimate of drug-likeness (QED) is 0.419. The molecule has 0 aliphatic heterocycles. The maximum atomic E-state index is 3.71. The molecule has 126 valence electrons. The molecule has 2 radical (unpaired) electrons. The SMILES string of the molecule is CCCCC1=[C]CC([Si](C)(C)C2=C(C)C(CCCC)=[C]C2)=C1C. The molecule has 0 saturated carbocycles. The van der Waals surface area contributed by atoms with E-state index in [2.05, 4.69) is 52.9 Å². The van der Waals surface area contributed by atoms with Crippen molar-refractivity contribution >= 4 is 8.07 Å². The molecular weight excluding hydrogens is 292 g/mol. The van der Waals surface area contributed by atoms with E-state index in [-0.39, 0.29) is 0 Å². The summed E-state index contributed by atoms with van der Waals surface area (Å²) >= 11 is 0. The van der Waals surface area contributed by atoms with Gasteiger partial charge in [-0.3, -0.25) is 0 Å². The molecule has 2 aliphatic carbocycles. The van der Waals surface area contributed by atoms with Gasteiger partial charge in [-0.25, -0.2) is 0 Å². The van der Waals surface area contributed by atoms with Crippen LogP contribution in [0.15, 0.2) is 32.7 Å². The van der Waals surface area contributed by atoms with Gasteiger partial charge in [0.2, 0.25) is 0 Å². The Morgan fingerprint density at radius 1 is 0.783 bits per heavy atom. The van der Waals surface area contributed by atoms with E-state index in [4.69, 9.17) is 0 Å². The van der Waals surface area contributed by atoms with Crippen molar-refractivity contribution in [1.82, 2.24) is 0 Å². The molecule has 23 heavy (non-hydrogen) atoms. The van der Waals surface area contributed by atoms with Crippen molar-refractivity contribution < 1.29 is 0 Å². The van der Waals surface area contributed by atoms with Crippen molar-refractivity contribution in [3.63, 3.8) is 0 Å². The van der Waals surface area contributed by atoms with Crippen molar-refractivity contribution in [1.29, 1.82) is 0 Å². The molecule has 0 fully saturated rings. The summed E-state index contributed by atoms with van der Waals surface area (Å²) in [6.07, 6.45) is 17.2. The summed E-state index contributed by atoms with van der Waals surface area (Å²) in [6.45, 7) is 14.4. The molecule has 0 aromatic heterocycles. The van der Waals surface area contributed by atoms with Crippen LogP contribution in [-0.4, -0.2) is 8.07 Å². The zero-order valence-electron chi connectivity index (χ0n) is 16.2. The first-order valence-corrected chi connectivity index (χ1v) is 12.5. The van der Waals surface area contributed by atoms with Gasteiger partial charge in [-0.2, -0.15) is 0 Å². The Bertz CT molecular complexity index is 517. The van der Waals surface area contributed by atoms with Crippen LogP contribution in [0.1, 0.15) is 79.1 Å².